The summed E-state index contributed by atoms with van der Waals surface area (Å²) in [6.45, 7) is 1.91. The number of alkyl halides is 5. The molecule has 0 saturated heterocycles. The number of aliphatic imine (C=N–C) groups is 1. The molecule has 3 rings (SSSR count). The minimum absolute atomic E-state index is 0.0507. The molecule has 0 aliphatic carbocycles. The summed E-state index contributed by atoms with van der Waals surface area (Å²) in [5.41, 5.74) is 1.50. The topological polar surface area (TPSA) is 12.4 Å². The second-order valence-corrected chi connectivity index (χ2v) is 6.04. The third-order valence-electron chi connectivity index (χ3n) is 3.86. The number of halogens is 6. The Morgan fingerprint density at radius 2 is 1.62 bits per heavy atom. The number of nitrogens with zero attached hydrogens (tertiary/aromatic N) is 1. The van der Waals surface area contributed by atoms with Crippen LogP contribution in [-0.4, -0.2) is 17.8 Å². The second-order valence-electron chi connectivity index (χ2n) is 5.63. The van der Waals surface area contributed by atoms with Gasteiger partial charge < -0.3 is 0 Å². The molecule has 2 aromatic rings. The van der Waals surface area contributed by atoms with Crippen molar-refractivity contribution < 1.29 is 22.0 Å². The number of fused-ring (bicyclic) bond motifs is 1. The van der Waals surface area contributed by atoms with E-state index in [1.807, 2.05) is 31.2 Å². The van der Waals surface area contributed by atoms with Crippen molar-refractivity contribution in [2.75, 3.05) is 0 Å². The first-order chi connectivity index (χ1) is 11.1. The number of hydrogen-bond donors (Lipinski definition) is 0. The van der Waals surface area contributed by atoms with Crippen LogP contribution in [0.25, 0.3) is 11.1 Å². The highest BCUT2D eigenvalue weighted by Gasteiger charge is 2.61. The third kappa shape index (κ3) is 2.79. The van der Waals surface area contributed by atoms with Gasteiger partial charge in [-0.1, -0.05) is 41.4 Å². The van der Waals surface area contributed by atoms with Crippen LogP contribution >= 0.6 is 11.6 Å². The minimum Gasteiger partial charge on any atom is -0.250 e. The zero-order valence-corrected chi connectivity index (χ0v) is 13.1. The van der Waals surface area contributed by atoms with Gasteiger partial charge in [-0.2, -0.15) is 22.0 Å². The van der Waals surface area contributed by atoms with Crippen LogP contribution in [0.1, 0.15) is 11.1 Å². The lowest BCUT2D eigenvalue weighted by Crippen LogP contribution is -2.44. The van der Waals surface area contributed by atoms with E-state index >= 15 is 0 Å². The summed E-state index contributed by atoms with van der Waals surface area (Å²) in [4.78, 5) is 3.46. The average molecular weight is 360 g/mol. The quantitative estimate of drug-likeness (QED) is 0.571. The van der Waals surface area contributed by atoms with Crippen LogP contribution in [0.4, 0.5) is 27.6 Å². The molecule has 0 amide bonds. The van der Waals surface area contributed by atoms with E-state index in [4.69, 9.17) is 11.6 Å². The van der Waals surface area contributed by atoms with Crippen LogP contribution in [0.5, 0.6) is 0 Å². The molecule has 0 unspecified atom stereocenters. The van der Waals surface area contributed by atoms with E-state index in [-0.39, 0.29) is 10.7 Å². The van der Waals surface area contributed by atoms with Crippen LogP contribution in [0, 0.1) is 6.92 Å². The van der Waals surface area contributed by atoms with Crippen LogP contribution in [-0.2, 0) is 6.42 Å². The maximum absolute atomic E-state index is 13.5. The van der Waals surface area contributed by atoms with E-state index in [1.54, 1.807) is 0 Å². The summed E-state index contributed by atoms with van der Waals surface area (Å²) < 4.78 is 64.5. The predicted molar refractivity (Wildman–Crippen MR) is 83.4 cm³/mol. The maximum Gasteiger partial charge on any atom is 0.459 e. The summed E-state index contributed by atoms with van der Waals surface area (Å²) in [7, 11) is 0. The molecular formula is C17H11ClF5N. The third-order valence-corrected chi connectivity index (χ3v) is 4.18. The zero-order chi connectivity index (χ0) is 17.7. The first kappa shape index (κ1) is 16.9. The molecule has 0 atom stereocenters. The van der Waals surface area contributed by atoms with Crippen molar-refractivity contribution in [3.05, 3.63) is 52.5 Å². The van der Waals surface area contributed by atoms with Crippen molar-refractivity contribution in [2.24, 2.45) is 4.99 Å². The van der Waals surface area contributed by atoms with Gasteiger partial charge in [0.05, 0.1) is 10.7 Å². The number of aryl methyl sites for hydroxylation is 1. The molecule has 126 valence electrons. The molecule has 0 spiro atoms. The molecule has 0 aromatic heterocycles. The van der Waals surface area contributed by atoms with Gasteiger partial charge in [0.15, 0.2) is 0 Å². The molecule has 2 aromatic carbocycles. The molecule has 1 aliphatic rings. The molecule has 1 heterocycles. The van der Waals surface area contributed by atoms with Gasteiger partial charge in [0.1, 0.15) is 5.71 Å². The molecule has 0 N–H and O–H groups in total. The fourth-order valence-electron chi connectivity index (χ4n) is 2.52. The average Bonchev–Trinajstić information content (AvgIpc) is 2.89. The Kier molecular flexibility index (Phi) is 3.91. The molecule has 0 fully saturated rings. The van der Waals surface area contributed by atoms with Crippen LogP contribution < -0.4 is 0 Å². The Hall–Kier alpha value is -1.95. The lowest BCUT2D eigenvalue weighted by Gasteiger charge is -2.19. The van der Waals surface area contributed by atoms with E-state index in [0.717, 1.165) is 11.1 Å². The number of hydrogen-bond acceptors (Lipinski definition) is 1. The number of benzene rings is 2. The fourth-order valence-corrected chi connectivity index (χ4v) is 2.78. The second kappa shape index (κ2) is 5.55. The fraction of sp³-hybridized carbons (Fsp3) is 0.235. The van der Waals surface area contributed by atoms with Gasteiger partial charge in [0, 0.05) is 12.0 Å². The highest BCUT2D eigenvalue weighted by molar-refractivity contribution is 6.33. The first-order valence-electron chi connectivity index (χ1n) is 7.01. The highest BCUT2D eigenvalue weighted by atomic mass is 35.5. The van der Waals surface area contributed by atoms with Crippen molar-refractivity contribution in [2.45, 2.75) is 25.4 Å². The van der Waals surface area contributed by atoms with E-state index in [2.05, 4.69) is 4.99 Å². The van der Waals surface area contributed by atoms with Crippen molar-refractivity contribution in [3.63, 3.8) is 0 Å². The van der Waals surface area contributed by atoms with Gasteiger partial charge in [0.25, 0.3) is 0 Å². The Balaban J connectivity index is 1.99. The van der Waals surface area contributed by atoms with E-state index in [9.17, 15) is 22.0 Å². The van der Waals surface area contributed by atoms with E-state index in [1.165, 1.54) is 12.1 Å². The van der Waals surface area contributed by atoms with Gasteiger partial charge in [0.2, 0.25) is 0 Å². The van der Waals surface area contributed by atoms with Gasteiger partial charge in [-0.25, -0.2) is 0 Å². The SMILES string of the molecule is Cc1ccc(-c2cc3c(cc2Cl)N=C(C(F)(F)C(F)(F)F)C3)cc1. The van der Waals surface area contributed by atoms with Gasteiger partial charge in [-0.3, -0.25) is 4.99 Å². The molecular weight excluding hydrogens is 349 g/mol. The van der Waals surface area contributed by atoms with Crippen molar-refractivity contribution in [1.82, 2.24) is 0 Å². The van der Waals surface area contributed by atoms with Gasteiger partial charge >= 0.3 is 12.1 Å². The van der Waals surface area contributed by atoms with Crippen molar-refractivity contribution in [1.29, 1.82) is 0 Å². The predicted octanol–water partition coefficient (Wildman–Crippen LogP) is 6.14. The monoisotopic (exact) mass is 359 g/mol. The molecule has 0 radical (unpaired) electrons. The maximum atomic E-state index is 13.5. The highest BCUT2D eigenvalue weighted by Crippen LogP contribution is 2.44. The Morgan fingerprint density at radius 3 is 2.21 bits per heavy atom. The summed E-state index contributed by atoms with van der Waals surface area (Å²) in [6.07, 6.45) is -6.23. The molecule has 0 saturated carbocycles. The summed E-state index contributed by atoms with van der Waals surface area (Å²) in [6, 6.07) is 10.2. The first-order valence-corrected chi connectivity index (χ1v) is 7.39. The Morgan fingerprint density at radius 1 is 1.00 bits per heavy atom. The Labute approximate surface area is 139 Å². The smallest absolute Gasteiger partial charge is 0.250 e. The van der Waals surface area contributed by atoms with Crippen molar-refractivity contribution in [3.8, 4) is 11.1 Å². The lowest BCUT2D eigenvalue weighted by molar-refractivity contribution is -0.249. The summed E-state index contributed by atoms with van der Waals surface area (Å²) in [5, 5.41) is 0.248. The van der Waals surface area contributed by atoms with Crippen LogP contribution in [0.2, 0.25) is 5.02 Å². The van der Waals surface area contributed by atoms with Crippen molar-refractivity contribution >= 4 is 23.0 Å². The minimum atomic E-state index is -5.67. The van der Waals surface area contributed by atoms with Gasteiger partial charge in [-0.05, 0) is 30.2 Å². The van der Waals surface area contributed by atoms with Crippen LogP contribution in [0.15, 0.2) is 41.4 Å². The molecule has 7 heteroatoms. The largest absolute Gasteiger partial charge is 0.459 e. The summed E-state index contributed by atoms with van der Waals surface area (Å²) in [5.74, 6) is -4.96. The molecule has 0 bridgehead atoms. The standard InChI is InChI=1S/C17H11ClF5N/c1-9-2-4-10(5-3-9)12-6-11-7-15(16(19,20)17(21,22)23)24-14(11)8-13(12)18/h2-6,8H,7H2,1H3. The van der Waals surface area contributed by atoms with Gasteiger partial charge in [-0.15, -0.1) is 0 Å². The summed E-state index contributed by atoms with van der Waals surface area (Å²) >= 11 is 6.16. The molecule has 1 nitrogen and oxygen atoms in total. The Bertz CT molecular complexity index is 822. The zero-order valence-electron chi connectivity index (χ0n) is 12.4. The lowest BCUT2D eigenvalue weighted by atomic mass is 9.99. The molecule has 1 aliphatic heterocycles. The molecule has 24 heavy (non-hydrogen) atoms. The van der Waals surface area contributed by atoms with E-state index < -0.39 is 24.2 Å². The van der Waals surface area contributed by atoms with Crippen LogP contribution in [0.3, 0.4) is 0 Å². The van der Waals surface area contributed by atoms with E-state index in [0.29, 0.717) is 11.1 Å². The normalized spacial score (nSPS) is 14.5. The number of rotatable bonds is 2.